The molecule has 0 spiro atoms. The van der Waals surface area contributed by atoms with Gasteiger partial charge in [0, 0.05) is 76.8 Å². The summed E-state index contributed by atoms with van der Waals surface area (Å²) in [6.07, 6.45) is 0.285. The molecule has 1 aromatic carbocycles. The summed E-state index contributed by atoms with van der Waals surface area (Å²) in [5.74, 6) is 0.262. The van der Waals surface area contributed by atoms with Crippen LogP contribution in [0.3, 0.4) is 0 Å². The number of amides is 1. The van der Waals surface area contributed by atoms with Crippen molar-refractivity contribution in [3.8, 4) is 0 Å². The second-order valence-corrected chi connectivity index (χ2v) is 12.2. The van der Waals surface area contributed by atoms with Gasteiger partial charge in [0.15, 0.2) is 0 Å². The molecule has 6 rings (SSSR count). The first-order valence-electron chi connectivity index (χ1n) is 14.7. The summed E-state index contributed by atoms with van der Waals surface area (Å²) >= 11 is 0. The highest BCUT2D eigenvalue weighted by molar-refractivity contribution is 5.84. The molecule has 5 atom stereocenters. The Kier molecular flexibility index (Phi) is 8.11. The Labute approximate surface area is 239 Å². The summed E-state index contributed by atoms with van der Waals surface area (Å²) < 4.78 is 51.5. The number of likely N-dealkylation sites (tertiary alicyclic amines) is 1. The Bertz CT molecular complexity index is 1230. The number of pyridine rings is 1. The van der Waals surface area contributed by atoms with E-state index in [2.05, 4.69) is 27.3 Å². The van der Waals surface area contributed by atoms with Gasteiger partial charge in [-0.05, 0) is 48.8 Å². The minimum absolute atomic E-state index is 0.0212. The van der Waals surface area contributed by atoms with Gasteiger partial charge in [-0.15, -0.1) is 0 Å². The van der Waals surface area contributed by atoms with Crippen LogP contribution in [-0.4, -0.2) is 85.4 Å². The molecule has 7 nitrogen and oxygen atoms in total. The zero-order chi connectivity index (χ0) is 28.6. The Morgan fingerprint density at radius 3 is 2.88 bits per heavy atom. The molecule has 1 aliphatic carbocycles. The number of benzene rings is 1. The monoisotopic (exact) mass is 572 g/mol. The second kappa shape index (κ2) is 11.6. The van der Waals surface area contributed by atoms with Crippen LogP contribution in [0.25, 0.3) is 0 Å². The summed E-state index contributed by atoms with van der Waals surface area (Å²) in [6.45, 7) is 4.30. The number of hydrogen-bond acceptors (Lipinski definition) is 6. The zero-order valence-corrected chi connectivity index (χ0v) is 23.5. The van der Waals surface area contributed by atoms with Crippen molar-refractivity contribution in [2.24, 2.45) is 11.3 Å². The van der Waals surface area contributed by atoms with E-state index in [9.17, 15) is 18.0 Å². The smallest absolute Gasteiger partial charge is 0.379 e. The fourth-order valence-electron chi connectivity index (χ4n) is 7.54. The molecule has 2 aromatic rings. The third kappa shape index (κ3) is 5.89. The highest BCUT2D eigenvalue weighted by Crippen LogP contribution is 2.50. The van der Waals surface area contributed by atoms with Gasteiger partial charge in [-0.1, -0.05) is 30.3 Å². The number of nitrogens with one attached hydrogen (secondary N) is 1. The average molecular weight is 573 g/mol. The van der Waals surface area contributed by atoms with E-state index in [0.29, 0.717) is 44.0 Å². The highest BCUT2D eigenvalue weighted by atomic mass is 19.4. The number of aromatic nitrogens is 1. The molecule has 1 aromatic heterocycles. The summed E-state index contributed by atoms with van der Waals surface area (Å²) in [4.78, 5) is 22.8. The zero-order valence-electron chi connectivity index (χ0n) is 23.5. The second-order valence-electron chi connectivity index (χ2n) is 12.2. The number of hydrogen-bond donors (Lipinski definition) is 1. The molecular weight excluding hydrogens is 533 g/mol. The van der Waals surface area contributed by atoms with E-state index in [1.807, 2.05) is 18.2 Å². The average Bonchev–Trinajstić information content (AvgIpc) is 3.49. The minimum Gasteiger partial charge on any atom is -0.379 e. The predicted octanol–water partition coefficient (Wildman–Crippen LogP) is 3.70. The van der Waals surface area contributed by atoms with Gasteiger partial charge < -0.3 is 24.6 Å². The maximum atomic E-state index is 14.5. The van der Waals surface area contributed by atoms with Crippen molar-refractivity contribution in [3.05, 3.63) is 65.0 Å². The maximum absolute atomic E-state index is 14.5. The number of carbonyl (C=O) groups excluding carboxylic acids is 1. The van der Waals surface area contributed by atoms with Gasteiger partial charge in [0.1, 0.15) is 0 Å². The molecule has 41 heavy (non-hydrogen) atoms. The molecule has 0 radical (unpaired) electrons. The van der Waals surface area contributed by atoms with E-state index in [1.54, 1.807) is 12.0 Å². The number of ether oxygens (including phenoxy) is 2. The van der Waals surface area contributed by atoms with Gasteiger partial charge in [-0.3, -0.25) is 9.78 Å². The van der Waals surface area contributed by atoms with E-state index in [0.717, 1.165) is 45.0 Å². The minimum atomic E-state index is -4.46. The van der Waals surface area contributed by atoms with Gasteiger partial charge in [0.2, 0.25) is 5.91 Å². The van der Waals surface area contributed by atoms with Crippen molar-refractivity contribution in [2.75, 3.05) is 46.5 Å². The fourth-order valence-corrected chi connectivity index (χ4v) is 7.54. The van der Waals surface area contributed by atoms with Crippen LogP contribution in [0, 0.1) is 11.3 Å². The topological polar surface area (TPSA) is 66.9 Å². The first-order chi connectivity index (χ1) is 19.7. The largest absolute Gasteiger partial charge is 0.417 e. The molecule has 0 bridgehead atoms. The van der Waals surface area contributed by atoms with Gasteiger partial charge in [0.25, 0.3) is 0 Å². The van der Waals surface area contributed by atoms with E-state index in [1.165, 1.54) is 11.6 Å². The Balaban J connectivity index is 1.21. The molecule has 5 unspecified atom stereocenters. The first-order valence-corrected chi connectivity index (χ1v) is 14.7. The number of carbonyl (C=O) groups is 1. The number of nitrogens with zero attached hydrogens (tertiary/aromatic N) is 3. The lowest BCUT2D eigenvalue weighted by Gasteiger charge is -2.38. The van der Waals surface area contributed by atoms with Crippen LogP contribution in [-0.2, 0) is 39.8 Å². The van der Waals surface area contributed by atoms with Crippen LogP contribution in [0.2, 0.25) is 0 Å². The van der Waals surface area contributed by atoms with Crippen LogP contribution >= 0.6 is 0 Å². The number of rotatable bonds is 7. The van der Waals surface area contributed by atoms with E-state index >= 15 is 0 Å². The molecule has 4 heterocycles. The Morgan fingerprint density at radius 1 is 1.27 bits per heavy atom. The molecule has 1 saturated carbocycles. The number of methoxy groups -OCH3 is 1. The third-order valence-electron chi connectivity index (χ3n) is 9.64. The van der Waals surface area contributed by atoms with Crippen LogP contribution in [0.15, 0.2) is 42.6 Å². The van der Waals surface area contributed by atoms with Crippen LogP contribution in [0.4, 0.5) is 13.2 Å². The molecule has 2 saturated heterocycles. The third-order valence-corrected chi connectivity index (χ3v) is 9.64. The molecule has 10 heteroatoms. The van der Waals surface area contributed by atoms with Crippen molar-refractivity contribution in [1.82, 2.24) is 20.1 Å². The molecule has 1 amide bonds. The van der Waals surface area contributed by atoms with Crippen LogP contribution in [0.1, 0.15) is 41.6 Å². The molecule has 3 fully saturated rings. The predicted molar refractivity (Wildman–Crippen MR) is 147 cm³/mol. The first kappa shape index (κ1) is 28.6. The van der Waals surface area contributed by atoms with Gasteiger partial charge in [-0.25, -0.2) is 0 Å². The standard InChI is InChI=1S/C31H39F3N4O3/c1-40-28-19-41-12-9-27(28)36-25-14-24-18-37(10-7-21-5-3-2-4-6-21)20-30(24,15-25)29(39)38-11-8-26-22(17-38)13-23(16-35-26)31(32,33)34/h2-6,13,16,24-25,27-28,36H,7-12,14-15,17-20H2,1H3. The lowest BCUT2D eigenvalue weighted by Crippen LogP contribution is -2.52. The van der Waals surface area contributed by atoms with Crippen molar-refractivity contribution < 1.29 is 27.4 Å². The number of fused-ring (bicyclic) bond motifs is 2. The molecular formula is C31H39F3N4O3. The molecule has 4 aliphatic rings. The van der Waals surface area contributed by atoms with Gasteiger partial charge in [-0.2, -0.15) is 13.2 Å². The molecule has 222 valence electrons. The van der Waals surface area contributed by atoms with E-state index in [-0.39, 0.29) is 36.6 Å². The summed E-state index contributed by atoms with van der Waals surface area (Å²) in [7, 11) is 1.71. The van der Waals surface area contributed by atoms with Gasteiger partial charge >= 0.3 is 6.18 Å². The fraction of sp³-hybridized carbons (Fsp3) is 0.613. The lowest BCUT2D eigenvalue weighted by atomic mass is 9.78. The van der Waals surface area contributed by atoms with Crippen molar-refractivity contribution in [3.63, 3.8) is 0 Å². The molecule has 3 aliphatic heterocycles. The van der Waals surface area contributed by atoms with Gasteiger partial charge in [0.05, 0.1) is 23.7 Å². The molecule has 1 N–H and O–H groups in total. The Hall–Kier alpha value is -2.53. The quantitative estimate of drug-likeness (QED) is 0.546. The van der Waals surface area contributed by atoms with Crippen LogP contribution in [0.5, 0.6) is 0 Å². The van der Waals surface area contributed by atoms with Crippen molar-refractivity contribution in [1.29, 1.82) is 0 Å². The number of halogens is 3. The summed E-state index contributed by atoms with van der Waals surface area (Å²) in [5, 5.41) is 3.81. The maximum Gasteiger partial charge on any atom is 0.417 e. The SMILES string of the molecule is COC1COCCC1NC1CC2CN(CCc3ccccc3)CC2(C(=O)N2CCc3ncc(C(F)(F)F)cc3C2)C1. The van der Waals surface area contributed by atoms with E-state index in [4.69, 9.17) is 9.47 Å². The van der Waals surface area contributed by atoms with Crippen molar-refractivity contribution in [2.45, 2.75) is 63.0 Å². The lowest BCUT2D eigenvalue weighted by molar-refractivity contribution is -0.144. The number of alkyl halides is 3. The highest BCUT2D eigenvalue weighted by Gasteiger charge is 2.58. The normalized spacial score (nSPS) is 30.3. The summed E-state index contributed by atoms with van der Waals surface area (Å²) in [6, 6.07) is 11.9. The Morgan fingerprint density at radius 2 is 2.10 bits per heavy atom. The van der Waals surface area contributed by atoms with Crippen molar-refractivity contribution >= 4 is 5.91 Å². The summed E-state index contributed by atoms with van der Waals surface area (Å²) in [5.41, 5.74) is 1.11. The van der Waals surface area contributed by atoms with Crippen LogP contribution < -0.4 is 5.32 Å². The van der Waals surface area contributed by atoms with E-state index < -0.39 is 17.2 Å².